The Morgan fingerprint density at radius 2 is 1.78 bits per heavy atom. The fourth-order valence-corrected chi connectivity index (χ4v) is 4.71. The van der Waals surface area contributed by atoms with E-state index < -0.39 is 15.6 Å². The minimum atomic E-state index is -3.71. The molecule has 0 radical (unpaired) electrons. The summed E-state index contributed by atoms with van der Waals surface area (Å²) in [5, 5.41) is 10.8. The lowest BCUT2D eigenvalue weighted by molar-refractivity contribution is 0.0625. The Kier molecular flexibility index (Phi) is 4.61. The molecule has 2 aromatic rings. The van der Waals surface area contributed by atoms with Crippen molar-refractivity contribution in [3.63, 3.8) is 0 Å². The van der Waals surface area contributed by atoms with Crippen LogP contribution in [0.1, 0.15) is 36.5 Å². The Bertz CT molecular complexity index is 968. The Hall–Kier alpha value is -2.09. The van der Waals surface area contributed by atoms with E-state index in [9.17, 15) is 13.5 Å². The average molecular weight is 389 g/mol. The molecule has 1 aliphatic heterocycles. The first-order valence-electron chi connectivity index (χ1n) is 9.09. The fraction of sp³-hybridized carbons (Fsp3) is 0.400. The highest BCUT2D eigenvalue weighted by atomic mass is 32.2. The molecule has 144 valence electrons. The van der Waals surface area contributed by atoms with Gasteiger partial charge in [0.2, 0.25) is 16.8 Å². The average Bonchev–Trinajstić information content (AvgIpc) is 3.14. The lowest BCUT2D eigenvalue weighted by Crippen LogP contribution is -2.38. The van der Waals surface area contributed by atoms with Crippen molar-refractivity contribution in [2.45, 2.75) is 43.1 Å². The smallest absolute Gasteiger partial charge is 0.240 e. The quantitative estimate of drug-likeness (QED) is 0.821. The van der Waals surface area contributed by atoms with Crippen molar-refractivity contribution < 1.29 is 23.0 Å². The number of aryl methyl sites for hydroxylation is 2. The van der Waals surface area contributed by atoms with Crippen LogP contribution in [0.2, 0.25) is 0 Å². The second-order valence-electron chi connectivity index (χ2n) is 7.30. The number of benzene rings is 2. The van der Waals surface area contributed by atoms with Gasteiger partial charge in [-0.2, -0.15) is 0 Å². The second-order valence-corrected chi connectivity index (χ2v) is 9.07. The van der Waals surface area contributed by atoms with E-state index in [1.54, 1.807) is 37.3 Å². The summed E-state index contributed by atoms with van der Waals surface area (Å²) in [7, 11) is -3.71. The highest BCUT2D eigenvalue weighted by molar-refractivity contribution is 7.89. The summed E-state index contributed by atoms with van der Waals surface area (Å²) in [6.07, 6.45) is 4.15. The van der Waals surface area contributed by atoms with Crippen molar-refractivity contribution in [1.29, 1.82) is 0 Å². The zero-order valence-corrected chi connectivity index (χ0v) is 16.0. The molecule has 1 aliphatic carbocycles. The van der Waals surface area contributed by atoms with Gasteiger partial charge in [-0.15, -0.1) is 0 Å². The Labute approximate surface area is 159 Å². The molecule has 0 aromatic heterocycles. The molecule has 0 amide bonds. The molecule has 7 heteroatoms. The minimum Gasteiger partial charge on any atom is -0.454 e. The van der Waals surface area contributed by atoms with Crippen LogP contribution in [-0.2, 0) is 28.5 Å². The number of hydrogen-bond donors (Lipinski definition) is 2. The number of ether oxygens (including phenoxy) is 2. The SMILES string of the molecule is CC(O)(CNS(=O)(=O)c1ccc2c(c1)CCCC2)c1ccc2c(c1)OCO2. The van der Waals surface area contributed by atoms with E-state index >= 15 is 0 Å². The van der Waals surface area contributed by atoms with Gasteiger partial charge in [0.05, 0.1) is 4.90 Å². The lowest BCUT2D eigenvalue weighted by atomic mass is 9.92. The number of rotatable bonds is 5. The van der Waals surface area contributed by atoms with Crippen LogP contribution in [-0.4, -0.2) is 26.9 Å². The molecule has 1 atom stereocenters. The number of sulfonamides is 1. The second kappa shape index (κ2) is 6.82. The molecular formula is C20H23NO5S. The molecule has 0 saturated heterocycles. The normalized spacial score (nSPS) is 18.0. The van der Waals surface area contributed by atoms with Crippen LogP contribution in [0.25, 0.3) is 0 Å². The third kappa shape index (κ3) is 3.67. The molecule has 2 aliphatic rings. The molecule has 6 nitrogen and oxygen atoms in total. The van der Waals surface area contributed by atoms with Gasteiger partial charge >= 0.3 is 0 Å². The van der Waals surface area contributed by atoms with Gasteiger partial charge in [0.15, 0.2) is 11.5 Å². The molecular weight excluding hydrogens is 366 g/mol. The molecule has 0 saturated carbocycles. The van der Waals surface area contributed by atoms with E-state index in [1.165, 1.54) is 5.56 Å². The van der Waals surface area contributed by atoms with Gasteiger partial charge in [0.1, 0.15) is 5.60 Å². The van der Waals surface area contributed by atoms with Crippen molar-refractivity contribution in [3.05, 3.63) is 53.1 Å². The zero-order valence-electron chi connectivity index (χ0n) is 15.2. The van der Waals surface area contributed by atoms with E-state index in [4.69, 9.17) is 9.47 Å². The third-order valence-corrected chi connectivity index (χ3v) is 6.63. The van der Waals surface area contributed by atoms with Crippen LogP contribution in [0.5, 0.6) is 11.5 Å². The van der Waals surface area contributed by atoms with E-state index in [0.717, 1.165) is 31.2 Å². The van der Waals surface area contributed by atoms with Gasteiger partial charge < -0.3 is 14.6 Å². The summed E-state index contributed by atoms with van der Waals surface area (Å²) in [6.45, 7) is 1.57. The number of fused-ring (bicyclic) bond motifs is 2. The van der Waals surface area contributed by atoms with Gasteiger partial charge in [-0.05, 0) is 73.6 Å². The third-order valence-electron chi connectivity index (χ3n) is 5.23. The fourth-order valence-electron chi connectivity index (χ4n) is 3.53. The van der Waals surface area contributed by atoms with Crippen LogP contribution >= 0.6 is 0 Å². The first kappa shape index (κ1) is 18.3. The summed E-state index contributed by atoms with van der Waals surface area (Å²) >= 11 is 0. The van der Waals surface area contributed by atoms with Crippen molar-refractivity contribution in [1.82, 2.24) is 4.72 Å². The maximum absolute atomic E-state index is 12.7. The predicted octanol–water partition coefficient (Wildman–Crippen LogP) is 2.48. The largest absolute Gasteiger partial charge is 0.454 e. The van der Waals surface area contributed by atoms with Crippen LogP contribution < -0.4 is 14.2 Å². The number of hydrogen-bond acceptors (Lipinski definition) is 5. The molecule has 2 N–H and O–H groups in total. The van der Waals surface area contributed by atoms with Crippen LogP contribution in [0, 0.1) is 0 Å². The van der Waals surface area contributed by atoms with Crippen molar-refractivity contribution in [2.24, 2.45) is 0 Å². The number of nitrogens with one attached hydrogen (secondary N) is 1. The molecule has 4 rings (SSSR count). The van der Waals surface area contributed by atoms with Gasteiger partial charge in [0.25, 0.3) is 0 Å². The van der Waals surface area contributed by atoms with Crippen molar-refractivity contribution in [3.8, 4) is 11.5 Å². The highest BCUT2D eigenvalue weighted by Crippen LogP contribution is 2.35. The number of aliphatic hydroxyl groups is 1. The molecule has 0 bridgehead atoms. The zero-order chi connectivity index (χ0) is 19.1. The lowest BCUT2D eigenvalue weighted by Gasteiger charge is -2.24. The minimum absolute atomic E-state index is 0.145. The highest BCUT2D eigenvalue weighted by Gasteiger charge is 2.28. The van der Waals surface area contributed by atoms with Crippen LogP contribution in [0.15, 0.2) is 41.3 Å². The molecule has 1 heterocycles. The topological polar surface area (TPSA) is 84.9 Å². The van der Waals surface area contributed by atoms with Gasteiger partial charge in [-0.25, -0.2) is 13.1 Å². The van der Waals surface area contributed by atoms with Gasteiger partial charge in [-0.1, -0.05) is 12.1 Å². The van der Waals surface area contributed by atoms with E-state index in [1.807, 2.05) is 6.07 Å². The molecule has 0 spiro atoms. The first-order chi connectivity index (χ1) is 12.9. The van der Waals surface area contributed by atoms with Gasteiger partial charge in [-0.3, -0.25) is 0 Å². The summed E-state index contributed by atoms with van der Waals surface area (Å²) in [4.78, 5) is 0.240. The van der Waals surface area contributed by atoms with Crippen molar-refractivity contribution in [2.75, 3.05) is 13.3 Å². The standard InChI is InChI=1S/C20H23NO5S/c1-20(22,16-7-9-18-19(11-16)26-13-25-18)12-21-27(23,24)17-8-6-14-4-2-3-5-15(14)10-17/h6-11,21-22H,2-5,12-13H2,1H3. The Morgan fingerprint density at radius 1 is 1.04 bits per heavy atom. The maximum atomic E-state index is 12.7. The van der Waals surface area contributed by atoms with E-state index in [-0.39, 0.29) is 18.2 Å². The molecule has 27 heavy (non-hydrogen) atoms. The summed E-state index contributed by atoms with van der Waals surface area (Å²) in [6, 6.07) is 10.4. The molecule has 0 fully saturated rings. The Balaban J connectivity index is 1.51. The van der Waals surface area contributed by atoms with Crippen LogP contribution in [0.4, 0.5) is 0 Å². The summed E-state index contributed by atoms with van der Waals surface area (Å²) < 4.78 is 38.6. The summed E-state index contributed by atoms with van der Waals surface area (Å²) in [5.41, 5.74) is 1.50. The van der Waals surface area contributed by atoms with E-state index in [2.05, 4.69) is 4.72 Å². The van der Waals surface area contributed by atoms with Gasteiger partial charge in [0, 0.05) is 6.54 Å². The molecule has 1 unspecified atom stereocenters. The molecule has 2 aromatic carbocycles. The maximum Gasteiger partial charge on any atom is 0.240 e. The Morgan fingerprint density at radius 3 is 2.59 bits per heavy atom. The summed E-state index contributed by atoms with van der Waals surface area (Å²) in [5.74, 6) is 1.16. The van der Waals surface area contributed by atoms with Crippen LogP contribution in [0.3, 0.4) is 0 Å². The van der Waals surface area contributed by atoms with E-state index in [0.29, 0.717) is 17.1 Å². The predicted molar refractivity (Wildman–Crippen MR) is 100 cm³/mol. The van der Waals surface area contributed by atoms with Crippen molar-refractivity contribution >= 4 is 10.0 Å². The monoisotopic (exact) mass is 389 g/mol. The first-order valence-corrected chi connectivity index (χ1v) is 10.6.